The first-order chi connectivity index (χ1) is 2.27. The van der Waals surface area contributed by atoms with E-state index < -0.39 is 0 Å². The van der Waals surface area contributed by atoms with Gasteiger partial charge in [-0.25, -0.2) is 0 Å². The minimum absolute atomic E-state index is 0. The molecule has 110 valence electrons. The molecule has 0 amide bonds. The van der Waals surface area contributed by atoms with Gasteiger partial charge in [0.05, 0.1) is 0 Å². The van der Waals surface area contributed by atoms with Crippen molar-refractivity contribution < 1.29 is 54.8 Å². The average Bonchev–Trinajstić information content (AvgIpc) is 1.38. The first-order valence-corrected chi connectivity index (χ1v) is 2.08. The molecular weight excluding hydrogens is 290 g/mol. The SMILES string of the molecule is ClC=C(Cl)Cl.O.O.O.O.O.O.O.O.O.O. The van der Waals surface area contributed by atoms with Crippen molar-refractivity contribution in [2.24, 2.45) is 0 Å². The molecular formula is C2H21Cl3O10. The molecule has 20 N–H and O–H groups in total. The van der Waals surface area contributed by atoms with E-state index in [4.69, 9.17) is 34.8 Å². The zero-order chi connectivity index (χ0) is 4.28. The fourth-order valence-corrected chi connectivity index (χ4v) is 0. The third kappa shape index (κ3) is 434. The molecule has 0 unspecified atom stereocenters. The van der Waals surface area contributed by atoms with Gasteiger partial charge in [0.25, 0.3) is 0 Å². The molecule has 0 fully saturated rings. The van der Waals surface area contributed by atoms with Crippen LogP contribution in [0.25, 0.3) is 0 Å². The highest BCUT2D eigenvalue weighted by molar-refractivity contribution is 6.58. The second-order valence-corrected chi connectivity index (χ2v) is 1.62. The van der Waals surface area contributed by atoms with Crippen LogP contribution >= 0.6 is 34.8 Å². The van der Waals surface area contributed by atoms with Crippen LogP contribution in [0.5, 0.6) is 0 Å². The fraction of sp³-hybridized carbons (Fsp3) is 0. The predicted molar refractivity (Wildman–Crippen MR) is 61.8 cm³/mol. The molecule has 0 aliphatic heterocycles. The molecule has 0 radical (unpaired) electrons. The molecule has 0 saturated heterocycles. The first kappa shape index (κ1) is 173. The van der Waals surface area contributed by atoms with Crippen molar-refractivity contribution in [1.29, 1.82) is 0 Å². The molecule has 0 atom stereocenters. The summed E-state index contributed by atoms with van der Waals surface area (Å²) in [5.74, 6) is 0. The predicted octanol–water partition coefficient (Wildman–Crippen LogP) is -5.75. The van der Waals surface area contributed by atoms with E-state index in [1.807, 2.05) is 0 Å². The van der Waals surface area contributed by atoms with Gasteiger partial charge in [0.1, 0.15) is 4.49 Å². The minimum atomic E-state index is 0. The van der Waals surface area contributed by atoms with E-state index in [0.29, 0.717) is 0 Å². The first-order valence-electron chi connectivity index (χ1n) is 0.885. The number of hydrogen-bond acceptors (Lipinski definition) is 0. The minimum Gasteiger partial charge on any atom is -0.412 e. The molecule has 0 heterocycles. The van der Waals surface area contributed by atoms with Gasteiger partial charge in [-0.15, -0.1) is 0 Å². The van der Waals surface area contributed by atoms with Crippen molar-refractivity contribution in [3.05, 3.63) is 10.0 Å². The Balaban J connectivity index is -0.00000000178. The standard InChI is InChI=1S/C2HCl3.10H2O/c3-1-2(4)5;;;;;;;;;;/h1H;10*1H2. The van der Waals surface area contributed by atoms with Gasteiger partial charge in [-0.2, -0.15) is 0 Å². The lowest BCUT2D eigenvalue weighted by Gasteiger charge is -1.64. The van der Waals surface area contributed by atoms with Crippen LogP contribution < -0.4 is 0 Å². The topological polar surface area (TPSA) is 315 Å². The Labute approximate surface area is 100 Å². The molecule has 0 spiro atoms. The van der Waals surface area contributed by atoms with Gasteiger partial charge < -0.3 is 54.8 Å². The molecule has 0 saturated carbocycles. The summed E-state index contributed by atoms with van der Waals surface area (Å²) >= 11 is 14.8. The number of rotatable bonds is 0. The maximum absolute atomic E-state index is 4.96. The van der Waals surface area contributed by atoms with Gasteiger partial charge in [0.15, 0.2) is 0 Å². The van der Waals surface area contributed by atoms with Crippen LogP contribution in [0.1, 0.15) is 0 Å². The smallest absolute Gasteiger partial charge is 0.118 e. The lowest BCUT2D eigenvalue weighted by Crippen LogP contribution is -1.33. The van der Waals surface area contributed by atoms with E-state index in [2.05, 4.69) is 0 Å². The van der Waals surface area contributed by atoms with Gasteiger partial charge in [0, 0.05) is 5.54 Å². The second kappa shape index (κ2) is 140. The molecule has 0 aliphatic rings. The lowest BCUT2D eigenvalue weighted by molar-refractivity contribution is 0.823. The van der Waals surface area contributed by atoms with Crippen LogP contribution in [-0.2, 0) is 0 Å². The van der Waals surface area contributed by atoms with Crippen LogP contribution in [0.3, 0.4) is 0 Å². The van der Waals surface area contributed by atoms with Gasteiger partial charge in [-0.1, -0.05) is 34.8 Å². The summed E-state index contributed by atoms with van der Waals surface area (Å²) < 4.78 is 0.0895. The Bertz CT molecular complexity index is 56.6. The summed E-state index contributed by atoms with van der Waals surface area (Å²) in [4.78, 5) is 0. The largest absolute Gasteiger partial charge is 0.412 e. The highest BCUT2D eigenvalue weighted by atomic mass is 35.5. The van der Waals surface area contributed by atoms with Crippen LogP contribution in [0, 0.1) is 0 Å². The summed E-state index contributed by atoms with van der Waals surface area (Å²) in [6.07, 6.45) is 0. The molecule has 0 aliphatic carbocycles. The molecule has 15 heavy (non-hydrogen) atoms. The Morgan fingerprint density at radius 2 is 0.600 bits per heavy atom. The third-order valence-corrected chi connectivity index (χ3v) is 0.742. The monoisotopic (exact) mass is 310 g/mol. The molecule has 13 heteroatoms. The van der Waals surface area contributed by atoms with E-state index in [-0.39, 0.29) is 59.3 Å². The van der Waals surface area contributed by atoms with Gasteiger partial charge in [-0.3, -0.25) is 0 Å². The van der Waals surface area contributed by atoms with Crippen LogP contribution in [-0.4, -0.2) is 54.8 Å². The lowest BCUT2D eigenvalue weighted by atomic mass is 11.2. The summed E-state index contributed by atoms with van der Waals surface area (Å²) in [7, 11) is 0. The summed E-state index contributed by atoms with van der Waals surface area (Å²) in [5.41, 5.74) is 1.09. The number of hydrogen-bond donors (Lipinski definition) is 0. The average molecular weight is 312 g/mol. The molecule has 0 rings (SSSR count). The van der Waals surface area contributed by atoms with Crippen molar-refractivity contribution >= 4 is 34.8 Å². The van der Waals surface area contributed by atoms with Crippen LogP contribution in [0.15, 0.2) is 10.0 Å². The van der Waals surface area contributed by atoms with Crippen molar-refractivity contribution in [2.75, 3.05) is 0 Å². The zero-order valence-electron chi connectivity index (χ0n) is 7.21. The Morgan fingerprint density at radius 1 is 0.533 bits per heavy atom. The third-order valence-electron chi connectivity index (χ3n) is 0.0825. The molecule has 0 bridgehead atoms. The summed E-state index contributed by atoms with van der Waals surface area (Å²) in [5, 5.41) is 0. The van der Waals surface area contributed by atoms with Gasteiger partial charge >= 0.3 is 0 Å². The van der Waals surface area contributed by atoms with E-state index in [9.17, 15) is 0 Å². The summed E-state index contributed by atoms with van der Waals surface area (Å²) in [6.45, 7) is 0. The maximum Gasteiger partial charge on any atom is 0.118 e. The van der Waals surface area contributed by atoms with E-state index in [0.717, 1.165) is 5.54 Å². The van der Waals surface area contributed by atoms with E-state index in [1.54, 1.807) is 0 Å². The number of halogens is 3. The van der Waals surface area contributed by atoms with Crippen molar-refractivity contribution in [1.82, 2.24) is 0 Å². The normalized spacial score (nSPS) is 2.33. The molecule has 0 aromatic rings. The highest BCUT2D eigenvalue weighted by Gasteiger charge is 1.70. The Kier molecular flexibility index (Phi) is 1620. The summed E-state index contributed by atoms with van der Waals surface area (Å²) in [6, 6.07) is 0. The fourth-order valence-electron chi connectivity index (χ4n) is 0. The molecule has 0 aromatic carbocycles. The quantitative estimate of drug-likeness (QED) is 0.403. The van der Waals surface area contributed by atoms with E-state index in [1.165, 1.54) is 0 Å². The zero-order valence-corrected chi connectivity index (χ0v) is 9.48. The van der Waals surface area contributed by atoms with Crippen LogP contribution in [0.2, 0.25) is 0 Å². The van der Waals surface area contributed by atoms with Crippen molar-refractivity contribution in [3.63, 3.8) is 0 Å². The van der Waals surface area contributed by atoms with Crippen LogP contribution in [0.4, 0.5) is 0 Å². The highest BCUT2D eigenvalue weighted by Crippen LogP contribution is 2.05. The van der Waals surface area contributed by atoms with E-state index >= 15 is 0 Å². The van der Waals surface area contributed by atoms with Crippen molar-refractivity contribution in [2.45, 2.75) is 0 Å². The Morgan fingerprint density at radius 3 is 0.600 bits per heavy atom. The Hall–Kier alpha value is 0.210. The maximum atomic E-state index is 4.96. The molecule has 10 nitrogen and oxygen atoms in total. The second-order valence-electron chi connectivity index (χ2n) is 0.399. The molecule has 0 aromatic heterocycles. The van der Waals surface area contributed by atoms with Crippen molar-refractivity contribution in [3.8, 4) is 0 Å². The van der Waals surface area contributed by atoms with Gasteiger partial charge in [-0.05, 0) is 0 Å². The van der Waals surface area contributed by atoms with Gasteiger partial charge in [0.2, 0.25) is 0 Å².